The van der Waals surface area contributed by atoms with Gasteiger partial charge in [0.2, 0.25) is 0 Å². The highest BCUT2D eigenvalue weighted by atomic mass is 79.9. The van der Waals surface area contributed by atoms with Crippen molar-refractivity contribution < 1.29 is 4.74 Å². The van der Waals surface area contributed by atoms with E-state index in [4.69, 9.17) is 4.74 Å². The third-order valence-corrected chi connectivity index (χ3v) is 4.63. The van der Waals surface area contributed by atoms with Crippen LogP contribution in [0.3, 0.4) is 0 Å². The van der Waals surface area contributed by atoms with E-state index in [9.17, 15) is 0 Å². The first-order valence-corrected chi connectivity index (χ1v) is 8.52. The molecule has 0 heterocycles. The first kappa shape index (κ1) is 16.4. The average Bonchev–Trinajstić information content (AvgIpc) is 2.49. The lowest BCUT2D eigenvalue weighted by Crippen LogP contribution is -2.16. The van der Waals surface area contributed by atoms with Crippen LogP contribution in [-0.2, 0) is 6.42 Å². The number of methoxy groups -OCH3 is 1. The molecule has 112 valence electrons. The molecule has 0 aliphatic carbocycles. The minimum Gasteiger partial charge on any atom is -0.495 e. The lowest BCUT2D eigenvalue weighted by Gasteiger charge is -2.18. The minimum atomic E-state index is 0.382. The van der Waals surface area contributed by atoms with E-state index in [2.05, 4.69) is 74.4 Å². The van der Waals surface area contributed by atoms with E-state index in [-0.39, 0.29) is 0 Å². The van der Waals surface area contributed by atoms with Gasteiger partial charge < -0.3 is 10.1 Å². The Morgan fingerprint density at radius 1 is 1.10 bits per heavy atom. The summed E-state index contributed by atoms with van der Waals surface area (Å²) in [5.74, 6) is 0.830. The fourth-order valence-corrected chi connectivity index (χ4v) is 3.43. The van der Waals surface area contributed by atoms with Gasteiger partial charge >= 0.3 is 0 Å². The summed E-state index contributed by atoms with van der Waals surface area (Å²) in [6, 6.07) is 15.0. The highest BCUT2D eigenvalue weighted by Crippen LogP contribution is 2.35. The van der Waals surface area contributed by atoms with Crippen molar-refractivity contribution in [1.29, 1.82) is 0 Å². The predicted octanol–water partition coefficient (Wildman–Crippen LogP) is 5.65. The largest absolute Gasteiger partial charge is 0.495 e. The number of ether oxygens (including phenoxy) is 1. The number of benzene rings is 2. The Balaban J connectivity index is 1.97. The van der Waals surface area contributed by atoms with Gasteiger partial charge in [0.25, 0.3) is 0 Å². The van der Waals surface area contributed by atoms with Crippen molar-refractivity contribution in [2.24, 2.45) is 0 Å². The van der Waals surface area contributed by atoms with Crippen LogP contribution in [0.15, 0.2) is 51.4 Å². The van der Waals surface area contributed by atoms with E-state index >= 15 is 0 Å². The lowest BCUT2D eigenvalue weighted by atomic mass is 10.1. The van der Waals surface area contributed by atoms with E-state index < -0.39 is 0 Å². The Morgan fingerprint density at radius 2 is 1.81 bits per heavy atom. The maximum Gasteiger partial charge on any atom is 0.135 e. The minimum absolute atomic E-state index is 0.382. The molecule has 0 spiro atoms. The van der Waals surface area contributed by atoms with Crippen LogP contribution in [0.25, 0.3) is 0 Å². The molecule has 21 heavy (non-hydrogen) atoms. The molecule has 1 atom stereocenters. The lowest BCUT2D eigenvalue weighted by molar-refractivity contribution is 0.412. The predicted molar refractivity (Wildman–Crippen MR) is 96.2 cm³/mol. The Kier molecular flexibility index (Phi) is 6.12. The fourth-order valence-electron chi connectivity index (χ4n) is 2.16. The molecule has 2 aromatic rings. The van der Waals surface area contributed by atoms with Crippen molar-refractivity contribution in [2.45, 2.75) is 25.8 Å². The van der Waals surface area contributed by atoms with Crippen molar-refractivity contribution in [2.75, 3.05) is 12.4 Å². The van der Waals surface area contributed by atoms with E-state index in [0.717, 1.165) is 33.2 Å². The van der Waals surface area contributed by atoms with Crippen LogP contribution in [0.1, 0.15) is 18.9 Å². The highest BCUT2D eigenvalue weighted by molar-refractivity contribution is 9.11. The van der Waals surface area contributed by atoms with Gasteiger partial charge in [0, 0.05) is 16.6 Å². The number of hydrogen-bond donors (Lipinski definition) is 1. The second-order valence-electron chi connectivity index (χ2n) is 5.04. The van der Waals surface area contributed by atoms with Gasteiger partial charge in [-0.15, -0.1) is 0 Å². The maximum atomic E-state index is 5.34. The molecule has 0 aliphatic rings. The van der Waals surface area contributed by atoms with Gasteiger partial charge in [-0.05, 0) is 63.3 Å². The summed E-state index contributed by atoms with van der Waals surface area (Å²) in [5, 5.41) is 3.53. The Bertz CT molecular complexity index is 587. The molecule has 0 radical (unpaired) electrons. The molecule has 0 saturated heterocycles. The van der Waals surface area contributed by atoms with E-state index in [1.165, 1.54) is 5.56 Å². The van der Waals surface area contributed by atoms with Gasteiger partial charge in [0.05, 0.1) is 17.3 Å². The van der Waals surface area contributed by atoms with Gasteiger partial charge in [-0.1, -0.05) is 30.3 Å². The second kappa shape index (κ2) is 7.85. The summed E-state index contributed by atoms with van der Waals surface area (Å²) in [6.07, 6.45) is 2.15. The van der Waals surface area contributed by atoms with E-state index in [1.54, 1.807) is 7.11 Å². The van der Waals surface area contributed by atoms with Crippen LogP contribution in [0.5, 0.6) is 5.75 Å². The summed E-state index contributed by atoms with van der Waals surface area (Å²) < 4.78 is 7.32. The van der Waals surface area contributed by atoms with Gasteiger partial charge in [0.1, 0.15) is 5.75 Å². The number of aryl methyl sites for hydroxylation is 1. The Morgan fingerprint density at radius 3 is 2.48 bits per heavy atom. The number of halogens is 2. The first-order chi connectivity index (χ1) is 10.1. The second-order valence-corrected chi connectivity index (χ2v) is 6.74. The van der Waals surface area contributed by atoms with Gasteiger partial charge in [-0.25, -0.2) is 0 Å². The summed E-state index contributed by atoms with van der Waals surface area (Å²) >= 11 is 7.07. The topological polar surface area (TPSA) is 21.3 Å². The van der Waals surface area contributed by atoms with Crippen molar-refractivity contribution in [3.63, 3.8) is 0 Å². The zero-order chi connectivity index (χ0) is 15.2. The van der Waals surface area contributed by atoms with Crippen LogP contribution in [-0.4, -0.2) is 13.2 Å². The van der Waals surface area contributed by atoms with Crippen LogP contribution >= 0.6 is 31.9 Å². The molecule has 2 rings (SSSR count). The fraction of sp³-hybridized carbons (Fsp3) is 0.294. The molecule has 0 amide bonds. The van der Waals surface area contributed by atoms with E-state index in [1.807, 2.05) is 12.1 Å². The van der Waals surface area contributed by atoms with Gasteiger partial charge in [-0.3, -0.25) is 0 Å². The molecule has 0 aromatic heterocycles. The van der Waals surface area contributed by atoms with Crippen molar-refractivity contribution in [1.82, 2.24) is 0 Å². The highest BCUT2D eigenvalue weighted by Gasteiger charge is 2.10. The van der Waals surface area contributed by atoms with Crippen molar-refractivity contribution in [3.05, 3.63) is 57.0 Å². The third kappa shape index (κ3) is 4.75. The summed E-state index contributed by atoms with van der Waals surface area (Å²) in [7, 11) is 1.68. The monoisotopic (exact) mass is 411 g/mol. The molecule has 2 aromatic carbocycles. The molecule has 0 fully saturated rings. The quantitative estimate of drug-likeness (QED) is 0.661. The van der Waals surface area contributed by atoms with Crippen LogP contribution in [0, 0.1) is 0 Å². The van der Waals surface area contributed by atoms with Crippen LogP contribution < -0.4 is 10.1 Å². The Hall–Kier alpha value is -1.000. The number of anilines is 1. The van der Waals surface area contributed by atoms with Crippen LogP contribution in [0.2, 0.25) is 0 Å². The number of nitrogens with one attached hydrogen (secondary N) is 1. The molecule has 0 bridgehead atoms. The molecule has 0 aliphatic heterocycles. The smallest absolute Gasteiger partial charge is 0.135 e. The normalized spacial score (nSPS) is 12.0. The molecular weight excluding hydrogens is 394 g/mol. The molecule has 0 saturated carbocycles. The third-order valence-electron chi connectivity index (χ3n) is 3.35. The summed E-state index contributed by atoms with van der Waals surface area (Å²) in [5.41, 5.74) is 2.43. The van der Waals surface area contributed by atoms with E-state index in [0.29, 0.717) is 6.04 Å². The SMILES string of the molecule is COc1cc(NC(C)CCc2ccccc2)c(Br)cc1Br. The van der Waals surface area contributed by atoms with Gasteiger partial charge in [-0.2, -0.15) is 0 Å². The Labute approximate surface area is 143 Å². The molecular formula is C17H19Br2NO. The van der Waals surface area contributed by atoms with Crippen molar-refractivity contribution >= 4 is 37.5 Å². The molecule has 2 nitrogen and oxygen atoms in total. The molecule has 4 heteroatoms. The number of rotatable bonds is 6. The molecule has 1 N–H and O–H groups in total. The van der Waals surface area contributed by atoms with Gasteiger partial charge in [0.15, 0.2) is 0 Å². The standard InChI is InChI=1S/C17H19Br2NO/c1-12(8-9-13-6-4-3-5-7-13)20-16-11-17(21-2)15(19)10-14(16)18/h3-7,10-12,20H,8-9H2,1-2H3. The maximum absolute atomic E-state index is 5.34. The van der Waals surface area contributed by atoms with Crippen molar-refractivity contribution in [3.8, 4) is 5.75 Å². The number of hydrogen-bond acceptors (Lipinski definition) is 2. The zero-order valence-corrected chi connectivity index (χ0v) is 15.4. The summed E-state index contributed by atoms with van der Waals surface area (Å²) in [4.78, 5) is 0. The summed E-state index contributed by atoms with van der Waals surface area (Å²) in [6.45, 7) is 2.20. The van der Waals surface area contributed by atoms with Crippen LogP contribution in [0.4, 0.5) is 5.69 Å². The first-order valence-electron chi connectivity index (χ1n) is 6.93. The average molecular weight is 413 g/mol. The molecule has 1 unspecified atom stereocenters. The zero-order valence-electron chi connectivity index (χ0n) is 12.2.